The molecule has 1 atom stereocenters. The Balaban J connectivity index is 2.74. The van der Waals surface area contributed by atoms with Crippen molar-refractivity contribution < 1.29 is 0 Å². The molecule has 1 unspecified atom stereocenters. The van der Waals surface area contributed by atoms with Crippen LogP contribution in [-0.4, -0.2) is 9.78 Å². The fourth-order valence-electron chi connectivity index (χ4n) is 2.93. The van der Waals surface area contributed by atoms with Gasteiger partial charge in [0.05, 0.1) is 6.20 Å². The lowest BCUT2D eigenvalue weighted by atomic mass is 9.75. The third-order valence-corrected chi connectivity index (χ3v) is 5.37. The van der Waals surface area contributed by atoms with Gasteiger partial charge in [-0.3, -0.25) is 4.68 Å². The number of unbranched alkanes of at least 4 members (excludes halogenated alkanes) is 5. The summed E-state index contributed by atoms with van der Waals surface area (Å²) in [6.45, 7) is 6.98. The highest BCUT2D eigenvalue weighted by Gasteiger charge is 2.29. The summed E-state index contributed by atoms with van der Waals surface area (Å²) in [5, 5.41) is 4.42. The third-order valence-electron chi connectivity index (χ3n) is 4.43. The van der Waals surface area contributed by atoms with E-state index in [9.17, 15) is 0 Å². The standard InChI is InChI=1S/C17H31BrN2/c1-5-7-9-11-13-17(3,12-10-8-6-2)15-14-19-20(4)16(15)18/h14H,5-13H2,1-4H3. The normalized spacial score (nSPS) is 14.4. The van der Waals surface area contributed by atoms with Crippen LogP contribution in [0.3, 0.4) is 0 Å². The fourth-order valence-corrected chi connectivity index (χ4v) is 3.60. The Labute approximate surface area is 133 Å². The lowest BCUT2D eigenvalue weighted by Gasteiger charge is -2.29. The van der Waals surface area contributed by atoms with Gasteiger partial charge in [-0.2, -0.15) is 5.10 Å². The molecule has 3 heteroatoms. The first-order valence-electron chi connectivity index (χ1n) is 8.23. The smallest absolute Gasteiger partial charge is 0.107 e. The zero-order valence-electron chi connectivity index (χ0n) is 13.7. The molecule has 1 aromatic rings. The number of rotatable bonds is 10. The van der Waals surface area contributed by atoms with E-state index in [-0.39, 0.29) is 5.41 Å². The summed E-state index contributed by atoms with van der Waals surface area (Å²) in [6.07, 6.45) is 13.9. The molecule has 2 nitrogen and oxygen atoms in total. The third kappa shape index (κ3) is 4.91. The van der Waals surface area contributed by atoms with Crippen LogP contribution in [0.1, 0.15) is 84.1 Å². The lowest BCUT2D eigenvalue weighted by molar-refractivity contribution is 0.364. The molecule has 1 heterocycles. The molecule has 0 amide bonds. The van der Waals surface area contributed by atoms with Gasteiger partial charge < -0.3 is 0 Å². The van der Waals surface area contributed by atoms with Crippen LogP contribution in [0.5, 0.6) is 0 Å². The molecule has 20 heavy (non-hydrogen) atoms. The van der Waals surface area contributed by atoms with Crippen LogP contribution >= 0.6 is 15.9 Å². The second kappa shape index (κ2) is 8.86. The van der Waals surface area contributed by atoms with E-state index >= 15 is 0 Å². The minimum absolute atomic E-state index is 0.274. The first kappa shape index (κ1) is 17.7. The maximum absolute atomic E-state index is 4.42. The van der Waals surface area contributed by atoms with Gasteiger partial charge >= 0.3 is 0 Å². The maximum Gasteiger partial charge on any atom is 0.107 e. The van der Waals surface area contributed by atoms with Gasteiger partial charge in [0.1, 0.15) is 4.60 Å². The highest BCUT2D eigenvalue weighted by Crippen LogP contribution is 2.38. The summed E-state index contributed by atoms with van der Waals surface area (Å²) in [4.78, 5) is 0. The van der Waals surface area contributed by atoms with Gasteiger partial charge in [0.15, 0.2) is 0 Å². The summed E-state index contributed by atoms with van der Waals surface area (Å²) in [5.41, 5.74) is 1.67. The minimum Gasteiger partial charge on any atom is -0.261 e. The predicted octanol–water partition coefficient (Wildman–Crippen LogP) is 5.99. The molecule has 0 aromatic carbocycles. The van der Waals surface area contributed by atoms with Crippen molar-refractivity contribution in [1.29, 1.82) is 0 Å². The van der Waals surface area contributed by atoms with Crippen LogP contribution in [0.15, 0.2) is 10.8 Å². The zero-order chi connectivity index (χ0) is 15.0. The molecular formula is C17H31BrN2. The van der Waals surface area contributed by atoms with Crippen molar-refractivity contribution in [3.05, 3.63) is 16.4 Å². The number of aryl methyl sites for hydroxylation is 1. The van der Waals surface area contributed by atoms with Crippen LogP contribution in [0, 0.1) is 0 Å². The van der Waals surface area contributed by atoms with E-state index in [4.69, 9.17) is 0 Å². The quantitative estimate of drug-likeness (QED) is 0.477. The Morgan fingerprint density at radius 2 is 1.60 bits per heavy atom. The molecule has 0 bridgehead atoms. The highest BCUT2D eigenvalue weighted by molar-refractivity contribution is 9.10. The van der Waals surface area contributed by atoms with Crippen LogP contribution in [-0.2, 0) is 12.5 Å². The number of nitrogens with zero attached hydrogens (tertiary/aromatic N) is 2. The number of aromatic nitrogens is 2. The highest BCUT2D eigenvalue weighted by atomic mass is 79.9. The van der Waals surface area contributed by atoms with E-state index in [1.807, 2.05) is 11.7 Å². The Morgan fingerprint density at radius 1 is 1.05 bits per heavy atom. The second-order valence-electron chi connectivity index (χ2n) is 6.30. The number of hydrogen-bond acceptors (Lipinski definition) is 1. The van der Waals surface area contributed by atoms with Gasteiger partial charge in [-0.15, -0.1) is 0 Å². The Hall–Kier alpha value is -0.310. The van der Waals surface area contributed by atoms with Crippen LogP contribution < -0.4 is 0 Å². The number of halogens is 1. The maximum atomic E-state index is 4.42. The minimum atomic E-state index is 0.274. The monoisotopic (exact) mass is 342 g/mol. The Kier molecular flexibility index (Phi) is 7.86. The SMILES string of the molecule is CCCCCCC(C)(CCCCC)c1cnn(C)c1Br. The molecular weight excluding hydrogens is 312 g/mol. The first-order chi connectivity index (χ1) is 9.55. The molecule has 0 fully saturated rings. The summed E-state index contributed by atoms with van der Waals surface area (Å²) in [5.74, 6) is 0. The van der Waals surface area contributed by atoms with Crippen LogP contribution in [0.4, 0.5) is 0 Å². The predicted molar refractivity (Wildman–Crippen MR) is 91.2 cm³/mol. The Bertz CT molecular complexity index is 386. The molecule has 0 N–H and O–H groups in total. The van der Waals surface area contributed by atoms with Crippen molar-refractivity contribution in [3.8, 4) is 0 Å². The van der Waals surface area contributed by atoms with Gasteiger partial charge in [-0.25, -0.2) is 0 Å². The molecule has 0 saturated heterocycles. The zero-order valence-corrected chi connectivity index (χ0v) is 15.3. The van der Waals surface area contributed by atoms with Crippen LogP contribution in [0.25, 0.3) is 0 Å². The van der Waals surface area contributed by atoms with E-state index in [1.165, 1.54) is 63.4 Å². The summed E-state index contributed by atoms with van der Waals surface area (Å²) in [7, 11) is 2.01. The molecule has 1 rings (SSSR count). The van der Waals surface area contributed by atoms with Crippen molar-refractivity contribution in [1.82, 2.24) is 9.78 Å². The molecule has 116 valence electrons. The first-order valence-corrected chi connectivity index (χ1v) is 9.02. The van der Waals surface area contributed by atoms with Gasteiger partial charge in [0, 0.05) is 12.6 Å². The fraction of sp³-hybridized carbons (Fsp3) is 0.824. The second-order valence-corrected chi connectivity index (χ2v) is 7.05. The van der Waals surface area contributed by atoms with Crippen molar-refractivity contribution >= 4 is 15.9 Å². The average molecular weight is 343 g/mol. The molecule has 0 saturated carbocycles. The Morgan fingerprint density at radius 3 is 2.10 bits per heavy atom. The van der Waals surface area contributed by atoms with Crippen molar-refractivity contribution in [2.45, 2.75) is 84.0 Å². The summed E-state index contributed by atoms with van der Waals surface area (Å²) < 4.78 is 3.10. The van der Waals surface area contributed by atoms with E-state index < -0.39 is 0 Å². The van der Waals surface area contributed by atoms with E-state index in [0.29, 0.717) is 0 Å². The lowest BCUT2D eigenvalue weighted by Crippen LogP contribution is -2.22. The topological polar surface area (TPSA) is 17.8 Å². The van der Waals surface area contributed by atoms with Crippen molar-refractivity contribution in [2.75, 3.05) is 0 Å². The van der Waals surface area contributed by atoms with Gasteiger partial charge in [-0.05, 0) is 34.2 Å². The average Bonchev–Trinajstić information content (AvgIpc) is 2.76. The molecule has 0 spiro atoms. The van der Waals surface area contributed by atoms with E-state index in [1.54, 1.807) is 0 Å². The number of hydrogen-bond donors (Lipinski definition) is 0. The van der Waals surface area contributed by atoms with Gasteiger partial charge in [0.25, 0.3) is 0 Å². The van der Waals surface area contributed by atoms with Crippen LogP contribution in [0.2, 0.25) is 0 Å². The van der Waals surface area contributed by atoms with Crippen molar-refractivity contribution in [3.63, 3.8) is 0 Å². The van der Waals surface area contributed by atoms with E-state index in [2.05, 4.69) is 48.0 Å². The molecule has 1 aromatic heterocycles. The molecule has 0 aliphatic rings. The van der Waals surface area contributed by atoms with E-state index in [0.717, 1.165) is 4.60 Å². The molecule has 0 aliphatic carbocycles. The van der Waals surface area contributed by atoms with Crippen molar-refractivity contribution in [2.24, 2.45) is 7.05 Å². The molecule has 0 aliphatic heterocycles. The largest absolute Gasteiger partial charge is 0.261 e. The summed E-state index contributed by atoms with van der Waals surface area (Å²) >= 11 is 3.72. The molecule has 0 radical (unpaired) electrons. The summed E-state index contributed by atoms with van der Waals surface area (Å²) in [6, 6.07) is 0. The van der Waals surface area contributed by atoms with Gasteiger partial charge in [-0.1, -0.05) is 65.7 Å². The van der Waals surface area contributed by atoms with Gasteiger partial charge in [0.2, 0.25) is 0 Å².